The number of rotatable bonds is 2. The van der Waals surface area contributed by atoms with E-state index in [4.69, 9.17) is 0 Å². The van der Waals surface area contributed by atoms with E-state index >= 15 is 0 Å². The van der Waals surface area contributed by atoms with Crippen molar-refractivity contribution in [2.24, 2.45) is 5.92 Å². The number of amides is 1. The van der Waals surface area contributed by atoms with Crippen LogP contribution in [0, 0.1) is 5.92 Å². The predicted molar refractivity (Wildman–Crippen MR) is 98.7 cm³/mol. The minimum absolute atomic E-state index is 0.0231. The van der Waals surface area contributed by atoms with E-state index in [0.29, 0.717) is 5.92 Å². The summed E-state index contributed by atoms with van der Waals surface area (Å²) >= 11 is 0. The second-order valence-corrected chi connectivity index (χ2v) is 7.25. The van der Waals surface area contributed by atoms with Crippen molar-refractivity contribution >= 4 is 17.3 Å². The predicted octanol–water partition coefficient (Wildman–Crippen LogP) is 3.93. The van der Waals surface area contributed by atoms with Crippen LogP contribution in [0.25, 0.3) is 5.57 Å². The largest absolute Gasteiger partial charge is 0.325 e. The molecule has 128 valence electrons. The van der Waals surface area contributed by atoms with Crippen molar-refractivity contribution in [1.29, 1.82) is 0 Å². The quantitative estimate of drug-likeness (QED) is 0.822. The first kappa shape index (κ1) is 16.1. The number of benzene rings is 1. The van der Waals surface area contributed by atoms with Crippen LogP contribution < -0.4 is 0 Å². The van der Waals surface area contributed by atoms with E-state index in [1.165, 1.54) is 19.3 Å². The average Bonchev–Trinajstić information content (AvgIpc) is 2.87. The third-order valence-electron chi connectivity index (χ3n) is 5.84. The summed E-state index contributed by atoms with van der Waals surface area (Å²) in [5, 5.41) is 0. The Morgan fingerprint density at radius 2 is 1.60 bits per heavy atom. The van der Waals surface area contributed by atoms with E-state index in [0.717, 1.165) is 29.6 Å². The van der Waals surface area contributed by atoms with Crippen molar-refractivity contribution in [2.75, 3.05) is 7.05 Å². The number of ketones is 1. The highest BCUT2D eigenvalue weighted by Gasteiger charge is 2.49. The fourth-order valence-corrected chi connectivity index (χ4v) is 4.52. The van der Waals surface area contributed by atoms with Gasteiger partial charge >= 0.3 is 0 Å². The van der Waals surface area contributed by atoms with Crippen LogP contribution in [-0.2, 0) is 9.59 Å². The number of allylic oxidation sites excluding steroid dienone is 2. The lowest BCUT2D eigenvalue weighted by atomic mass is 9.76. The molecule has 25 heavy (non-hydrogen) atoms. The fraction of sp³-hybridized carbons (Fsp3) is 0.364. The molecule has 0 aromatic heterocycles. The van der Waals surface area contributed by atoms with Crippen LogP contribution in [0.3, 0.4) is 0 Å². The maximum atomic E-state index is 13.3. The van der Waals surface area contributed by atoms with Gasteiger partial charge in [0, 0.05) is 18.2 Å². The second kappa shape index (κ2) is 6.14. The number of carbonyl (C=O) groups excluding carboxylic acids is 2. The summed E-state index contributed by atoms with van der Waals surface area (Å²) in [6, 6.07) is 10.2. The van der Waals surface area contributed by atoms with Crippen molar-refractivity contribution in [2.45, 2.75) is 37.6 Å². The second-order valence-electron chi connectivity index (χ2n) is 7.25. The van der Waals surface area contributed by atoms with Gasteiger partial charge in [0.15, 0.2) is 5.78 Å². The van der Waals surface area contributed by atoms with Gasteiger partial charge in [-0.1, -0.05) is 49.6 Å². The van der Waals surface area contributed by atoms with E-state index in [9.17, 15) is 9.59 Å². The third-order valence-corrected chi connectivity index (χ3v) is 5.84. The van der Waals surface area contributed by atoms with E-state index in [1.54, 1.807) is 17.1 Å². The lowest BCUT2D eigenvalue weighted by molar-refractivity contribution is -0.127. The molecule has 0 N–H and O–H groups in total. The maximum Gasteiger partial charge on any atom is 0.251 e. The SMILES string of the molecule is CN1C(=O)C(C2CCCCC2)=C(c2ccccc2)C12C=CC(=O)C=C2. The Bertz CT molecular complexity index is 779. The summed E-state index contributed by atoms with van der Waals surface area (Å²) in [6.07, 6.45) is 12.8. The summed E-state index contributed by atoms with van der Waals surface area (Å²) in [7, 11) is 1.85. The van der Waals surface area contributed by atoms with Crippen LogP contribution >= 0.6 is 0 Å². The third kappa shape index (κ3) is 2.50. The molecule has 3 heteroatoms. The van der Waals surface area contributed by atoms with Crippen LogP contribution in [0.2, 0.25) is 0 Å². The Hall–Kier alpha value is -2.42. The normalized spacial score (nSPS) is 23.2. The van der Waals surface area contributed by atoms with Crippen molar-refractivity contribution in [3.8, 4) is 0 Å². The zero-order chi connectivity index (χ0) is 17.4. The lowest BCUT2D eigenvalue weighted by Gasteiger charge is -2.35. The highest BCUT2D eigenvalue weighted by atomic mass is 16.2. The van der Waals surface area contributed by atoms with Gasteiger partial charge in [0.2, 0.25) is 0 Å². The highest BCUT2D eigenvalue weighted by Crippen LogP contribution is 2.48. The topological polar surface area (TPSA) is 37.4 Å². The molecule has 3 aliphatic rings. The molecule has 1 amide bonds. The Morgan fingerprint density at radius 1 is 0.960 bits per heavy atom. The summed E-state index contributed by atoms with van der Waals surface area (Å²) in [4.78, 5) is 26.8. The number of hydrogen-bond donors (Lipinski definition) is 0. The molecule has 1 saturated carbocycles. The molecule has 1 aliphatic heterocycles. The Balaban J connectivity index is 1.94. The Labute approximate surface area is 148 Å². The van der Waals surface area contributed by atoms with Gasteiger partial charge in [-0.25, -0.2) is 0 Å². The Kier molecular flexibility index (Phi) is 3.95. The zero-order valence-electron chi connectivity index (χ0n) is 14.6. The van der Waals surface area contributed by atoms with E-state index in [-0.39, 0.29) is 11.7 Å². The molecule has 4 rings (SSSR count). The number of nitrogens with zero attached hydrogens (tertiary/aromatic N) is 1. The van der Waals surface area contributed by atoms with E-state index in [1.807, 2.05) is 37.4 Å². The smallest absolute Gasteiger partial charge is 0.251 e. The molecule has 1 fully saturated rings. The first-order valence-corrected chi connectivity index (χ1v) is 9.14. The molecule has 0 radical (unpaired) electrons. The average molecular weight is 333 g/mol. The molecular formula is C22H23NO2. The first-order valence-electron chi connectivity index (χ1n) is 9.14. The van der Waals surface area contributed by atoms with Gasteiger partial charge in [-0.2, -0.15) is 0 Å². The summed E-state index contributed by atoms with van der Waals surface area (Å²) < 4.78 is 0. The summed E-state index contributed by atoms with van der Waals surface area (Å²) in [5.41, 5.74) is 2.45. The van der Waals surface area contributed by atoms with Crippen LogP contribution in [-0.4, -0.2) is 29.2 Å². The van der Waals surface area contributed by atoms with Gasteiger partial charge in [-0.15, -0.1) is 0 Å². The molecule has 2 aliphatic carbocycles. The van der Waals surface area contributed by atoms with Gasteiger partial charge in [-0.05, 0) is 48.6 Å². The van der Waals surface area contributed by atoms with Crippen LogP contribution in [0.1, 0.15) is 37.7 Å². The summed E-state index contributed by atoms with van der Waals surface area (Å²) in [6.45, 7) is 0. The van der Waals surface area contributed by atoms with Crippen molar-refractivity contribution in [3.63, 3.8) is 0 Å². The number of carbonyl (C=O) groups is 2. The molecule has 3 nitrogen and oxygen atoms in total. The minimum atomic E-state index is -0.640. The maximum absolute atomic E-state index is 13.3. The zero-order valence-corrected chi connectivity index (χ0v) is 14.6. The van der Waals surface area contributed by atoms with Gasteiger partial charge in [0.05, 0.1) is 0 Å². The summed E-state index contributed by atoms with van der Waals surface area (Å²) in [5.74, 6) is 0.400. The van der Waals surface area contributed by atoms with Crippen LogP contribution in [0.5, 0.6) is 0 Å². The molecule has 1 aromatic rings. The van der Waals surface area contributed by atoms with Gasteiger partial charge in [0.25, 0.3) is 5.91 Å². The van der Waals surface area contributed by atoms with Gasteiger partial charge in [0.1, 0.15) is 5.54 Å². The van der Waals surface area contributed by atoms with Crippen LogP contribution in [0.15, 0.2) is 60.2 Å². The van der Waals surface area contributed by atoms with Crippen molar-refractivity contribution < 1.29 is 9.59 Å². The molecule has 0 atom stereocenters. The molecule has 1 heterocycles. The van der Waals surface area contributed by atoms with Gasteiger partial charge < -0.3 is 4.90 Å². The Morgan fingerprint density at radius 3 is 2.24 bits per heavy atom. The molecule has 0 bridgehead atoms. The van der Waals surface area contributed by atoms with Gasteiger partial charge in [-0.3, -0.25) is 9.59 Å². The molecular weight excluding hydrogens is 310 g/mol. The fourth-order valence-electron chi connectivity index (χ4n) is 4.52. The molecule has 0 unspecified atom stereocenters. The molecule has 1 spiro atoms. The van der Waals surface area contributed by atoms with Crippen molar-refractivity contribution in [3.05, 3.63) is 65.8 Å². The van der Waals surface area contributed by atoms with E-state index in [2.05, 4.69) is 12.1 Å². The number of likely N-dealkylation sites (N-methyl/N-ethyl adjacent to an activating group) is 1. The van der Waals surface area contributed by atoms with E-state index < -0.39 is 5.54 Å². The molecule has 0 saturated heterocycles. The lowest BCUT2D eigenvalue weighted by Crippen LogP contribution is -2.43. The highest BCUT2D eigenvalue weighted by molar-refractivity contribution is 6.12. The van der Waals surface area contributed by atoms with Crippen molar-refractivity contribution in [1.82, 2.24) is 4.90 Å². The first-order chi connectivity index (χ1) is 12.1. The van der Waals surface area contributed by atoms with Crippen LogP contribution in [0.4, 0.5) is 0 Å². The minimum Gasteiger partial charge on any atom is -0.325 e. The standard InChI is InChI=1S/C22H23NO2/c1-23-21(25)19(16-8-4-2-5-9-16)20(17-10-6-3-7-11-17)22(23)14-12-18(24)13-15-22/h3,6-7,10-16H,2,4-5,8-9H2,1H3. The monoisotopic (exact) mass is 333 g/mol. The number of hydrogen-bond acceptors (Lipinski definition) is 2. The molecule has 1 aromatic carbocycles.